The fraction of sp³-hybridized carbons (Fsp3) is 0.778. The number of fused-ring (bicyclic) bond motifs is 1. The third-order valence-corrected chi connectivity index (χ3v) is 5.17. The highest BCUT2D eigenvalue weighted by Gasteiger charge is 2.46. The third kappa shape index (κ3) is 4.05. The molecule has 1 aromatic heterocycles. The lowest BCUT2D eigenvalue weighted by Crippen LogP contribution is -2.57. The Hall–Kier alpha value is -1.24. The maximum Gasteiger partial charge on any atom is 0.151 e. The summed E-state index contributed by atoms with van der Waals surface area (Å²) in [5.41, 5.74) is 1.03. The van der Waals surface area contributed by atoms with E-state index in [1.165, 1.54) is 0 Å². The fourth-order valence-electron chi connectivity index (χ4n) is 3.78. The molecule has 3 rings (SSSR count). The zero-order valence-corrected chi connectivity index (χ0v) is 15.2. The molecule has 24 heavy (non-hydrogen) atoms. The van der Waals surface area contributed by atoms with Crippen molar-refractivity contribution in [1.29, 1.82) is 0 Å². The molecule has 0 bridgehead atoms. The second kappa shape index (κ2) is 7.76. The zero-order valence-electron chi connectivity index (χ0n) is 15.2. The van der Waals surface area contributed by atoms with Gasteiger partial charge in [-0.25, -0.2) is 0 Å². The lowest BCUT2D eigenvalue weighted by molar-refractivity contribution is -0.125. The van der Waals surface area contributed by atoms with Crippen LogP contribution >= 0.6 is 0 Å². The smallest absolute Gasteiger partial charge is 0.151 e. The van der Waals surface area contributed by atoms with Gasteiger partial charge in [-0.1, -0.05) is 0 Å². The zero-order chi connectivity index (χ0) is 17.0. The van der Waals surface area contributed by atoms with E-state index in [1.807, 2.05) is 13.0 Å². The minimum Gasteiger partial charge on any atom is -0.379 e. The predicted molar refractivity (Wildman–Crippen MR) is 94.4 cm³/mol. The van der Waals surface area contributed by atoms with Crippen molar-refractivity contribution >= 4 is 5.82 Å². The van der Waals surface area contributed by atoms with Crippen LogP contribution in [0.5, 0.6) is 0 Å². The van der Waals surface area contributed by atoms with Gasteiger partial charge in [0, 0.05) is 31.7 Å². The Balaban J connectivity index is 1.68. The molecule has 0 amide bonds. The van der Waals surface area contributed by atoms with Gasteiger partial charge in [-0.3, -0.25) is 0 Å². The number of piperidine rings is 1. The quantitative estimate of drug-likeness (QED) is 0.739. The van der Waals surface area contributed by atoms with E-state index >= 15 is 0 Å². The monoisotopic (exact) mass is 334 g/mol. The molecule has 0 radical (unpaired) electrons. The Bertz CT molecular complexity index is 522. The maximum atomic E-state index is 6.11. The SMILES string of the molecule is Cc1ccc(N2CC[C@@H]3OCCC[C@]3(COCCN(C)C)C2)nn1. The Morgan fingerprint density at radius 2 is 2.25 bits per heavy atom. The summed E-state index contributed by atoms with van der Waals surface area (Å²) in [5, 5.41) is 8.59. The number of likely N-dealkylation sites (N-methyl/N-ethyl adjacent to an activating group) is 1. The molecule has 1 aromatic rings. The Morgan fingerprint density at radius 1 is 1.38 bits per heavy atom. The largest absolute Gasteiger partial charge is 0.379 e. The molecule has 0 saturated carbocycles. The van der Waals surface area contributed by atoms with Gasteiger partial charge in [-0.05, 0) is 52.4 Å². The summed E-state index contributed by atoms with van der Waals surface area (Å²) in [7, 11) is 4.15. The van der Waals surface area contributed by atoms with Crippen LogP contribution < -0.4 is 4.90 Å². The molecule has 3 heterocycles. The van der Waals surface area contributed by atoms with Gasteiger partial charge in [0.2, 0.25) is 0 Å². The summed E-state index contributed by atoms with van der Waals surface area (Å²) in [6.07, 6.45) is 3.61. The highest BCUT2D eigenvalue weighted by atomic mass is 16.5. The van der Waals surface area contributed by atoms with Crippen molar-refractivity contribution in [1.82, 2.24) is 15.1 Å². The van der Waals surface area contributed by atoms with Gasteiger partial charge in [0.15, 0.2) is 5.82 Å². The first kappa shape index (κ1) is 17.6. The van der Waals surface area contributed by atoms with Crippen molar-refractivity contribution in [2.75, 3.05) is 58.5 Å². The van der Waals surface area contributed by atoms with Gasteiger partial charge >= 0.3 is 0 Å². The Morgan fingerprint density at radius 3 is 3.00 bits per heavy atom. The van der Waals surface area contributed by atoms with Gasteiger partial charge in [0.25, 0.3) is 0 Å². The molecule has 0 N–H and O–H groups in total. The number of nitrogens with zero attached hydrogens (tertiary/aromatic N) is 4. The van der Waals surface area contributed by atoms with Crippen molar-refractivity contribution < 1.29 is 9.47 Å². The average Bonchev–Trinajstić information content (AvgIpc) is 2.59. The molecule has 0 spiro atoms. The molecule has 0 unspecified atom stereocenters. The number of aromatic nitrogens is 2. The fourth-order valence-corrected chi connectivity index (χ4v) is 3.78. The first-order valence-corrected chi connectivity index (χ1v) is 8.98. The van der Waals surface area contributed by atoms with E-state index in [9.17, 15) is 0 Å². The van der Waals surface area contributed by atoms with Gasteiger partial charge in [-0.15, -0.1) is 5.10 Å². The van der Waals surface area contributed by atoms with Crippen LogP contribution in [0.25, 0.3) is 0 Å². The first-order chi connectivity index (χ1) is 11.6. The molecule has 134 valence electrons. The van der Waals surface area contributed by atoms with Crippen LogP contribution in [0.15, 0.2) is 12.1 Å². The number of ether oxygens (including phenoxy) is 2. The highest BCUT2D eigenvalue weighted by Crippen LogP contribution is 2.41. The van der Waals surface area contributed by atoms with Crippen molar-refractivity contribution in [3.63, 3.8) is 0 Å². The minimum absolute atomic E-state index is 0.0787. The third-order valence-electron chi connectivity index (χ3n) is 5.17. The van der Waals surface area contributed by atoms with Gasteiger partial charge in [0.1, 0.15) is 0 Å². The highest BCUT2D eigenvalue weighted by molar-refractivity contribution is 5.39. The second-order valence-corrected chi connectivity index (χ2v) is 7.42. The van der Waals surface area contributed by atoms with E-state index in [0.29, 0.717) is 6.10 Å². The number of aryl methyl sites for hydroxylation is 1. The van der Waals surface area contributed by atoms with Crippen molar-refractivity contribution in [3.8, 4) is 0 Å². The van der Waals surface area contributed by atoms with Crippen LogP contribution in [-0.4, -0.2) is 74.8 Å². The van der Waals surface area contributed by atoms with Gasteiger partial charge < -0.3 is 19.3 Å². The van der Waals surface area contributed by atoms with E-state index in [4.69, 9.17) is 9.47 Å². The van der Waals surface area contributed by atoms with Crippen LogP contribution in [-0.2, 0) is 9.47 Å². The Labute approximate surface area is 145 Å². The average molecular weight is 334 g/mol. The maximum absolute atomic E-state index is 6.11. The first-order valence-electron chi connectivity index (χ1n) is 8.98. The van der Waals surface area contributed by atoms with E-state index in [0.717, 1.165) is 70.2 Å². The van der Waals surface area contributed by atoms with Crippen LogP contribution in [0, 0.1) is 12.3 Å². The van der Waals surface area contributed by atoms with Crippen molar-refractivity contribution in [2.45, 2.75) is 32.3 Å². The molecule has 6 heteroatoms. The number of rotatable bonds is 6. The second-order valence-electron chi connectivity index (χ2n) is 7.42. The Kier molecular flexibility index (Phi) is 5.69. The summed E-state index contributed by atoms with van der Waals surface area (Å²) in [6, 6.07) is 4.11. The van der Waals surface area contributed by atoms with Gasteiger partial charge in [0.05, 0.1) is 25.0 Å². The summed E-state index contributed by atoms with van der Waals surface area (Å²) < 4.78 is 12.2. The molecule has 2 atom stereocenters. The molecule has 2 aliphatic heterocycles. The predicted octanol–water partition coefficient (Wildman–Crippen LogP) is 1.74. The molecule has 2 saturated heterocycles. The van der Waals surface area contributed by atoms with E-state index in [-0.39, 0.29) is 5.41 Å². The standard InChI is InChI=1S/C18H30N4O2/c1-15-5-6-17(20-19-15)22-9-7-16-18(13-22,8-4-11-24-16)14-23-12-10-21(2)3/h5-6,16H,4,7-14H2,1-3H3/t16-,18+/m0/s1. The summed E-state index contributed by atoms with van der Waals surface area (Å²) >= 11 is 0. The lowest BCUT2D eigenvalue weighted by atomic mass is 9.73. The molecular formula is C18H30N4O2. The summed E-state index contributed by atoms with van der Waals surface area (Å²) in [5.74, 6) is 0.970. The van der Waals surface area contributed by atoms with Crippen LogP contribution in [0.4, 0.5) is 5.82 Å². The van der Waals surface area contributed by atoms with Crippen LogP contribution in [0.3, 0.4) is 0 Å². The molecular weight excluding hydrogens is 304 g/mol. The van der Waals surface area contributed by atoms with E-state index in [2.05, 4.69) is 40.2 Å². The van der Waals surface area contributed by atoms with Crippen LogP contribution in [0.2, 0.25) is 0 Å². The molecule has 0 aromatic carbocycles. The number of hydrogen-bond acceptors (Lipinski definition) is 6. The molecule has 0 aliphatic carbocycles. The number of hydrogen-bond donors (Lipinski definition) is 0. The topological polar surface area (TPSA) is 50.7 Å². The van der Waals surface area contributed by atoms with Crippen LogP contribution in [0.1, 0.15) is 25.0 Å². The molecule has 6 nitrogen and oxygen atoms in total. The van der Waals surface area contributed by atoms with E-state index < -0.39 is 0 Å². The minimum atomic E-state index is 0.0787. The number of anilines is 1. The summed E-state index contributed by atoms with van der Waals surface area (Å²) in [4.78, 5) is 4.51. The van der Waals surface area contributed by atoms with Gasteiger partial charge in [-0.2, -0.15) is 5.10 Å². The van der Waals surface area contributed by atoms with Crippen molar-refractivity contribution in [2.24, 2.45) is 5.41 Å². The summed E-state index contributed by atoms with van der Waals surface area (Å²) in [6.45, 7) is 7.26. The normalized spacial score (nSPS) is 27.3. The molecule has 2 fully saturated rings. The lowest BCUT2D eigenvalue weighted by Gasteiger charge is -2.50. The van der Waals surface area contributed by atoms with Crippen molar-refractivity contribution in [3.05, 3.63) is 17.8 Å². The molecule has 2 aliphatic rings. The van der Waals surface area contributed by atoms with E-state index in [1.54, 1.807) is 0 Å².